The molecule has 1 amide bonds. The fourth-order valence-electron chi connectivity index (χ4n) is 3.26. The lowest BCUT2D eigenvalue weighted by Gasteiger charge is -2.30. The van der Waals surface area contributed by atoms with Crippen LogP contribution in [0.3, 0.4) is 0 Å². The maximum absolute atomic E-state index is 12.4. The molecule has 1 aliphatic rings. The van der Waals surface area contributed by atoms with Crippen molar-refractivity contribution in [3.63, 3.8) is 0 Å². The molecule has 1 aliphatic heterocycles. The SMILES string of the molecule is Cc1ccccc1[C@@H]1[C@H](C#N)C(=O)Nc2nc3ccccc3n21. The van der Waals surface area contributed by atoms with Crippen LogP contribution in [0.4, 0.5) is 5.95 Å². The standard InChI is InChI=1S/C18H14N4O/c1-11-6-2-3-7-12(11)16-13(10-19)17(23)21-18-20-14-8-4-5-9-15(14)22(16)18/h2-9,13,16H,1H3,(H,20,21,23)/t13-,16+/m0/s1. The van der Waals surface area contributed by atoms with Gasteiger partial charge in [0.15, 0.2) is 5.92 Å². The maximum Gasteiger partial charge on any atom is 0.246 e. The van der Waals surface area contributed by atoms with E-state index in [0.29, 0.717) is 5.95 Å². The highest BCUT2D eigenvalue weighted by molar-refractivity contribution is 5.97. The molecular formula is C18H14N4O. The topological polar surface area (TPSA) is 70.7 Å². The Morgan fingerprint density at radius 1 is 1.17 bits per heavy atom. The molecule has 0 saturated heterocycles. The van der Waals surface area contributed by atoms with E-state index < -0.39 is 5.92 Å². The molecule has 0 fully saturated rings. The Morgan fingerprint density at radius 2 is 1.91 bits per heavy atom. The number of fused-ring (bicyclic) bond motifs is 3. The van der Waals surface area contributed by atoms with Gasteiger partial charge in [-0.1, -0.05) is 36.4 Å². The van der Waals surface area contributed by atoms with Crippen molar-refractivity contribution in [2.24, 2.45) is 5.92 Å². The predicted molar refractivity (Wildman–Crippen MR) is 86.8 cm³/mol. The van der Waals surface area contributed by atoms with E-state index in [0.717, 1.165) is 22.2 Å². The minimum Gasteiger partial charge on any atom is -0.300 e. The second kappa shape index (κ2) is 4.96. The minimum absolute atomic E-state index is 0.302. The molecule has 0 radical (unpaired) electrons. The number of rotatable bonds is 1. The van der Waals surface area contributed by atoms with Gasteiger partial charge in [0.25, 0.3) is 0 Å². The fourth-order valence-corrected chi connectivity index (χ4v) is 3.26. The molecule has 4 rings (SSSR count). The predicted octanol–water partition coefficient (Wildman–Crippen LogP) is 3.03. The molecule has 2 aromatic carbocycles. The number of amides is 1. The average molecular weight is 302 g/mol. The van der Waals surface area contributed by atoms with E-state index in [1.54, 1.807) is 0 Å². The van der Waals surface area contributed by atoms with E-state index >= 15 is 0 Å². The molecule has 0 bridgehead atoms. The van der Waals surface area contributed by atoms with Crippen LogP contribution in [0, 0.1) is 24.2 Å². The van der Waals surface area contributed by atoms with Crippen LogP contribution in [0.15, 0.2) is 48.5 Å². The molecule has 112 valence electrons. The lowest BCUT2D eigenvalue weighted by molar-refractivity contribution is -0.119. The average Bonchev–Trinajstić information content (AvgIpc) is 2.92. The molecule has 0 unspecified atom stereocenters. The highest BCUT2D eigenvalue weighted by Crippen LogP contribution is 2.38. The molecular weight excluding hydrogens is 288 g/mol. The number of anilines is 1. The third-order valence-corrected chi connectivity index (χ3v) is 4.35. The van der Waals surface area contributed by atoms with E-state index in [-0.39, 0.29) is 11.9 Å². The molecule has 5 heteroatoms. The lowest BCUT2D eigenvalue weighted by Crippen LogP contribution is -2.37. The van der Waals surface area contributed by atoms with E-state index in [9.17, 15) is 10.1 Å². The Kier molecular flexibility index (Phi) is 2.91. The van der Waals surface area contributed by atoms with Gasteiger partial charge in [-0.05, 0) is 30.2 Å². The highest BCUT2D eigenvalue weighted by atomic mass is 16.2. The smallest absolute Gasteiger partial charge is 0.246 e. The van der Waals surface area contributed by atoms with Crippen molar-refractivity contribution in [1.29, 1.82) is 5.26 Å². The summed E-state index contributed by atoms with van der Waals surface area (Å²) in [5.74, 6) is -0.597. The van der Waals surface area contributed by atoms with Gasteiger partial charge in [0.2, 0.25) is 11.9 Å². The second-order valence-electron chi connectivity index (χ2n) is 5.69. The van der Waals surface area contributed by atoms with Crippen LogP contribution in [0.25, 0.3) is 11.0 Å². The number of carbonyl (C=O) groups is 1. The minimum atomic E-state index is -0.791. The molecule has 2 heterocycles. The summed E-state index contributed by atoms with van der Waals surface area (Å²) in [4.78, 5) is 16.9. The first-order valence-corrected chi connectivity index (χ1v) is 7.43. The Labute approximate surface area is 133 Å². The van der Waals surface area contributed by atoms with Gasteiger partial charge in [0, 0.05) is 0 Å². The number of aryl methyl sites for hydroxylation is 1. The van der Waals surface area contributed by atoms with Crippen molar-refractivity contribution < 1.29 is 4.79 Å². The van der Waals surface area contributed by atoms with Gasteiger partial charge < -0.3 is 4.57 Å². The quantitative estimate of drug-likeness (QED) is 0.751. The summed E-state index contributed by atoms with van der Waals surface area (Å²) in [6.07, 6.45) is 0. The van der Waals surface area contributed by atoms with Crippen molar-refractivity contribution in [3.05, 3.63) is 59.7 Å². The molecule has 3 aromatic rings. The number of benzene rings is 2. The molecule has 1 aromatic heterocycles. The van der Waals surface area contributed by atoms with Crippen LogP contribution in [0.1, 0.15) is 17.2 Å². The zero-order chi connectivity index (χ0) is 16.0. The number of hydrogen-bond acceptors (Lipinski definition) is 3. The summed E-state index contributed by atoms with van der Waals surface area (Å²) in [7, 11) is 0. The molecule has 0 spiro atoms. The molecule has 2 atom stereocenters. The monoisotopic (exact) mass is 302 g/mol. The first-order chi connectivity index (χ1) is 11.2. The van der Waals surface area contributed by atoms with E-state index in [1.165, 1.54) is 0 Å². The summed E-state index contributed by atoms with van der Waals surface area (Å²) < 4.78 is 1.97. The Bertz CT molecular complexity index is 967. The normalized spacial score (nSPS) is 19.9. The molecule has 1 N–H and O–H groups in total. The number of para-hydroxylation sites is 2. The van der Waals surface area contributed by atoms with Crippen LogP contribution in [0.2, 0.25) is 0 Å². The highest BCUT2D eigenvalue weighted by Gasteiger charge is 2.39. The summed E-state index contributed by atoms with van der Waals surface area (Å²) >= 11 is 0. The number of hydrogen-bond donors (Lipinski definition) is 1. The third kappa shape index (κ3) is 1.92. The number of nitrogens with one attached hydrogen (secondary N) is 1. The van der Waals surface area contributed by atoms with Crippen LogP contribution < -0.4 is 5.32 Å². The van der Waals surface area contributed by atoms with Crippen LogP contribution >= 0.6 is 0 Å². The molecule has 23 heavy (non-hydrogen) atoms. The van der Waals surface area contributed by atoms with E-state index in [2.05, 4.69) is 16.4 Å². The first kappa shape index (κ1) is 13.5. The number of carbonyl (C=O) groups excluding carboxylic acids is 1. The van der Waals surface area contributed by atoms with Gasteiger partial charge in [0.1, 0.15) is 0 Å². The van der Waals surface area contributed by atoms with Crippen molar-refractivity contribution in [3.8, 4) is 6.07 Å². The van der Waals surface area contributed by atoms with Crippen LogP contribution in [-0.4, -0.2) is 15.5 Å². The molecule has 5 nitrogen and oxygen atoms in total. The number of aromatic nitrogens is 2. The van der Waals surface area contributed by atoms with Crippen molar-refractivity contribution >= 4 is 22.9 Å². The van der Waals surface area contributed by atoms with Crippen LogP contribution in [-0.2, 0) is 4.79 Å². The summed E-state index contributed by atoms with van der Waals surface area (Å²) in [6.45, 7) is 2.00. The van der Waals surface area contributed by atoms with Crippen molar-refractivity contribution in [1.82, 2.24) is 9.55 Å². The van der Waals surface area contributed by atoms with Gasteiger partial charge >= 0.3 is 0 Å². The molecule has 0 aliphatic carbocycles. The second-order valence-corrected chi connectivity index (χ2v) is 5.69. The van der Waals surface area contributed by atoms with Crippen LogP contribution in [0.5, 0.6) is 0 Å². The van der Waals surface area contributed by atoms with E-state index in [4.69, 9.17) is 0 Å². The maximum atomic E-state index is 12.4. The zero-order valence-electron chi connectivity index (χ0n) is 12.5. The van der Waals surface area contributed by atoms with Gasteiger partial charge in [0.05, 0.1) is 23.1 Å². The third-order valence-electron chi connectivity index (χ3n) is 4.35. The first-order valence-electron chi connectivity index (χ1n) is 7.43. The number of nitriles is 1. The summed E-state index contributed by atoms with van der Waals surface area (Å²) in [5, 5.41) is 12.3. The van der Waals surface area contributed by atoms with Crippen molar-refractivity contribution in [2.45, 2.75) is 13.0 Å². The number of nitrogens with zero attached hydrogens (tertiary/aromatic N) is 3. The van der Waals surface area contributed by atoms with Gasteiger partial charge in [-0.25, -0.2) is 4.98 Å². The summed E-state index contributed by atoms with van der Waals surface area (Å²) in [6, 6.07) is 17.4. The largest absolute Gasteiger partial charge is 0.300 e. The van der Waals surface area contributed by atoms with Gasteiger partial charge in [-0.2, -0.15) is 5.26 Å². The zero-order valence-corrected chi connectivity index (χ0v) is 12.5. The fraction of sp³-hybridized carbons (Fsp3) is 0.167. The van der Waals surface area contributed by atoms with E-state index in [1.807, 2.05) is 60.0 Å². The molecule has 0 saturated carbocycles. The number of imidazole rings is 1. The lowest BCUT2D eigenvalue weighted by atomic mass is 9.89. The Morgan fingerprint density at radius 3 is 2.70 bits per heavy atom. The van der Waals surface area contributed by atoms with Gasteiger partial charge in [-0.15, -0.1) is 0 Å². The van der Waals surface area contributed by atoms with Gasteiger partial charge in [-0.3, -0.25) is 10.1 Å². The Hall–Kier alpha value is -3.13. The van der Waals surface area contributed by atoms with Crippen molar-refractivity contribution in [2.75, 3.05) is 5.32 Å². The Balaban J connectivity index is 2.05. The summed E-state index contributed by atoms with van der Waals surface area (Å²) in [5.41, 5.74) is 3.74.